The minimum Gasteiger partial charge on any atom is -0.348 e. The number of hydrogen-bond donors (Lipinski definition) is 1. The number of aryl methyl sites for hydroxylation is 1. The molecule has 1 atom stereocenters. The topological polar surface area (TPSA) is 74.8 Å². The van der Waals surface area contributed by atoms with Crippen LogP contribution in [-0.2, 0) is 17.6 Å². The number of fused-ring (bicyclic) bond motifs is 2. The van der Waals surface area contributed by atoms with Crippen molar-refractivity contribution in [2.45, 2.75) is 25.3 Å². The summed E-state index contributed by atoms with van der Waals surface area (Å²) in [7, 11) is 0. The first-order valence-corrected chi connectivity index (χ1v) is 10.2. The van der Waals surface area contributed by atoms with Crippen LogP contribution in [-0.4, -0.2) is 37.3 Å². The number of thiazole rings is 1. The molecule has 28 heavy (non-hydrogen) atoms. The van der Waals surface area contributed by atoms with Gasteiger partial charge in [-0.25, -0.2) is 9.97 Å². The molecule has 0 radical (unpaired) electrons. The predicted molar refractivity (Wildman–Crippen MR) is 108 cm³/mol. The number of nitrogens with zero attached hydrogens (tertiary/aromatic N) is 4. The highest BCUT2D eigenvalue weighted by Crippen LogP contribution is 2.33. The summed E-state index contributed by atoms with van der Waals surface area (Å²) < 4.78 is 0. The van der Waals surface area contributed by atoms with Gasteiger partial charge in [0.15, 0.2) is 0 Å². The van der Waals surface area contributed by atoms with Crippen molar-refractivity contribution in [1.82, 2.24) is 24.8 Å². The lowest BCUT2D eigenvalue weighted by atomic mass is 9.98. The van der Waals surface area contributed by atoms with Crippen molar-refractivity contribution in [1.29, 1.82) is 0 Å². The molecule has 1 aliphatic heterocycles. The Bertz CT molecular complexity index is 1120. The fraction of sp³-hybridized carbons (Fsp3) is 0.238. The summed E-state index contributed by atoms with van der Waals surface area (Å²) in [5.74, 6) is 0.115. The summed E-state index contributed by atoms with van der Waals surface area (Å²) in [6.45, 7) is 0.658. The maximum atomic E-state index is 13.1. The monoisotopic (exact) mass is 389 g/mol. The fourth-order valence-corrected chi connectivity index (χ4v) is 4.43. The number of aromatic amines is 1. The summed E-state index contributed by atoms with van der Waals surface area (Å²) in [5.41, 5.74) is 3.77. The van der Waals surface area contributed by atoms with E-state index in [2.05, 4.69) is 21.0 Å². The molecule has 7 heteroatoms. The first-order valence-electron chi connectivity index (χ1n) is 9.35. The van der Waals surface area contributed by atoms with E-state index in [1.54, 1.807) is 23.9 Å². The van der Waals surface area contributed by atoms with E-state index in [1.165, 1.54) is 0 Å². The lowest BCUT2D eigenvalue weighted by molar-refractivity contribution is -0.133. The van der Waals surface area contributed by atoms with Crippen molar-refractivity contribution in [3.63, 3.8) is 0 Å². The van der Waals surface area contributed by atoms with Gasteiger partial charge in [0.05, 0.1) is 28.2 Å². The van der Waals surface area contributed by atoms with Crippen molar-refractivity contribution in [3.8, 4) is 0 Å². The number of hydrogen-bond acceptors (Lipinski definition) is 5. The number of carbonyl (C=O) groups excluding carboxylic acids is 1. The highest BCUT2D eigenvalue weighted by Gasteiger charge is 2.34. The largest absolute Gasteiger partial charge is 0.348 e. The minimum atomic E-state index is -0.261. The molecule has 1 aromatic carbocycles. The number of carbonyl (C=O) groups is 1. The van der Waals surface area contributed by atoms with Gasteiger partial charge in [-0.15, -0.1) is 11.3 Å². The molecule has 0 bridgehead atoms. The Kier molecular flexibility index (Phi) is 4.37. The van der Waals surface area contributed by atoms with E-state index in [0.717, 1.165) is 39.4 Å². The molecule has 4 aromatic rings. The average Bonchev–Trinajstić information content (AvgIpc) is 3.42. The molecule has 1 aliphatic rings. The Labute approximate surface area is 166 Å². The minimum absolute atomic E-state index is 0.115. The molecule has 0 unspecified atom stereocenters. The van der Waals surface area contributed by atoms with Gasteiger partial charge in [-0.1, -0.05) is 24.3 Å². The second-order valence-electron chi connectivity index (χ2n) is 6.86. The van der Waals surface area contributed by atoms with Gasteiger partial charge in [-0.3, -0.25) is 9.78 Å². The highest BCUT2D eigenvalue weighted by atomic mass is 32.1. The second kappa shape index (κ2) is 7.16. The lowest BCUT2D eigenvalue weighted by Crippen LogP contribution is -2.41. The lowest BCUT2D eigenvalue weighted by Gasteiger charge is -2.34. The van der Waals surface area contributed by atoms with E-state index in [4.69, 9.17) is 4.98 Å². The van der Waals surface area contributed by atoms with Gasteiger partial charge in [0.25, 0.3) is 0 Å². The molecular weight excluding hydrogens is 370 g/mol. The quantitative estimate of drug-likeness (QED) is 0.579. The molecule has 3 aromatic heterocycles. The third-order valence-corrected chi connectivity index (χ3v) is 6.02. The van der Waals surface area contributed by atoms with E-state index in [1.807, 2.05) is 40.6 Å². The van der Waals surface area contributed by atoms with Crippen LogP contribution in [0.3, 0.4) is 0 Å². The number of pyridine rings is 1. The molecule has 1 amide bonds. The number of amides is 1. The molecule has 4 heterocycles. The standard InChI is InChI=1S/C21H19N5OS/c27-19(8-7-18-22-10-12-28-18)26-11-9-16-20(24-13-23-16)21(26)17-6-5-14-3-1-2-4-15(14)25-17/h1-6,10,12-13,21H,7-9,11H2,(H,23,24)/t21-/m0/s1. The number of nitrogens with one attached hydrogen (secondary N) is 1. The van der Waals surface area contributed by atoms with Crippen molar-refractivity contribution in [3.05, 3.63) is 76.4 Å². The van der Waals surface area contributed by atoms with Crippen molar-refractivity contribution in [2.75, 3.05) is 6.54 Å². The molecule has 0 fully saturated rings. The normalized spacial score (nSPS) is 16.3. The van der Waals surface area contributed by atoms with Gasteiger partial charge in [0.1, 0.15) is 6.04 Å². The van der Waals surface area contributed by atoms with Crippen LogP contribution in [0, 0.1) is 0 Å². The number of aromatic nitrogens is 4. The zero-order chi connectivity index (χ0) is 18.9. The molecule has 0 spiro atoms. The molecule has 5 rings (SSSR count). The van der Waals surface area contributed by atoms with Crippen LogP contribution in [0.4, 0.5) is 0 Å². The summed E-state index contributed by atoms with van der Waals surface area (Å²) in [4.78, 5) is 31.9. The SMILES string of the molecule is O=C(CCc1nccs1)N1CCc2[nH]cnc2[C@@H]1c1ccc2ccccc2n1. The maximum absolute atomic E-state index is 13.1. The Morgan fingerprint density at radius 1 is 1.21 bits per heavy atom. The van der Waals surface area contributed by atoms with Crippen LogP contribution in [0.15, 0.2) is 54.3 Å². The van der Waals surface area contributed by atoms with E-state index < -0.39 is 0 Å². The molecular formula is C21H19N5OS. The van der Waals surface area contributed by atoms with E-state index in [0.29, 0.717) is 19.4 Å². The summed E-state index contributed by atoms with van der Waals surface area (Å²) in [6.07, 6.45) is 5.38. The number of imidazole rings is 1. The number of rotatable bonds is 4. The summed E-state index contributed by atoms with van der Waals surface area (Å²) in [5, 5.41) is 4.02. The van der Waals surface area contributed by atoms with Crippen molar-refractivity contribution < 1.29 is 4.79 Å². The van der Waals surface area contributed by atoms with Crippen molar-refractivity contribution >= 4 is 28.1 Å². The second-order valence-corrected chi connectivity index (χ2v) is 7.84. The third kappa shape index (κ3) is 3.07. The van der Waals surface area contributed by atoms with Gasteiger partial charge < -0.3 is 9.88 Å². The molecule has 0 saturated heterocycles. The van der Waals surface area contributed by atoms with Crippen LogP contribution < -0.4 is 0 Å². The van der Waals surface area contributed by atoms with E-state index in [9.17, 15) is 4.79 Å². The van der Waals surface area contributed by atoms with Gasteiger partial charge >= 0.3 is 0 Å². The smallest absolute Gasteiger partial charge is 0.223 e. The molecule has 140 valence electrons. The highest BCUT2D eigenvalue weighted by molar-refractivity contribution is 7.09. The van der Waals surface area contributed by atoms with Crippen LogP contribution in [0.2, 0.25) is 0 Å². The Hall–Kier alpha value is -3.06. The van der Waals surface area contributed by atoms with Crippen LogP contribution >= 0.6 is 11.3 Å². The van der Waals surface area contributed by atoms with Crippen LogP contribution in [0.1, 0.15) is 34.6 Å². The maximum Gasteiger partial charge on any atom is 0.223 e. The molecule has 6 nitrogen and oxygen atoms in total. The Morgan fingerprint density at radius 3 is 3.04 bits per heavy atom. The van der Waals surface area contributed by atoms with Crippen LogP contribution in [0.25, 0.3) is 10.9 Å². The molecule has 0 saturated carbocycles. The summed E-state index contributed by atoms with van der Waals surface area (Å²) in [6, 6.07) is 11.9. The van der Waals surface area contributed by atoms with E-state index in [-0.39, 0.29) is 11.9 Å². The summed E-state index contributed by atoms with van der Waals surface area (Å²) >= 11 is 1.59. The Morgan fingerprint density at radius 2 is 2.14 bits per heavy atom. The van der Waals surface area contributed by atoms with E-state index >= 15 is 0 Å². The first-order chi connectivity index (χ1) is 13.8. The average molecular weight is 389 g/mol. The fourth-order valence-electron chi connectivity index (χ4n) is 3.81. The van der Waals surface area contributed by atoms with Gasteiger partial charge in [-0.2, -0.15) is 0 Å². The zero-order valence-corrected chi connectivity index (χ0v) is 16.0. The Balaban J connectivity index is 1.49. The number of benzene rings is 1. The van der Waals surface area contributed by atoms with Gasteiger partial charge in [0, 0.05) is 48.5 Å². The van der Waals surface area contributed by atoms with Crippen LogP contribution in [0.5, 0.6) is 0 Å². The number of para-hydroxylation sites is 1. The predicted octanol–water partition coefficient (Wildman–Crippen LogP) is 3.52. The molecule has 1 N–H and O–H groups in total. The zero-order valence-electron chi connectivity index (χ0n) is 15.2. The molecule has 0 aliphatic carbocycles. The number of H-pyrrole nitrogens is 1. The van der Waals surface area contributed by atoms with Gasteiger partial charge in [0.2, 0.25) is 5.91 Å². The third-order valence-electron chi connectivity index (χ3n) is 5.18. The first kappa shape index (κ1) is 17.1. The van der Waals surface area contributed by atoms with Crippen molar-refractivity contribution in [2.24, 2.45) is 0 Å². The van der Waals surface area contributed by atoms with Gasteiger partial charge in [-0.05, 0) is 12.1 Å².